The molecule has 1 amide bonds. The Morgan fingerprint density at radius 1 is 1.12 bits per heavy atom. The van der Waals surface area contributed by atoms with Crippen molar-refractivity contribution in [3.63, 3.8) is 0 Å². The summed E-state index contributed by atoms with van der Waals surface area (Å²) in [6.07, 6.45) is 2.07. The molecular weight excluding hydrogens is 424 g/mol. The molecule has 0 spiro atoms. The van der Waals surface area contributed by atoms with Gasteiger partial charge < -0.3 is 9.64 Å². The summed E-state index contributed by atoms with van der Waals surface area (Å²) in [6.45, 7) is 6.90. The van der Waals surface area contributed by atoms with Crippen molar-refractivity contribution in [3.8, 4) is 16.9 Å². The first-order valence-corrected chi connectivity index (χ1v) is 11.8. The van der Waals surface area contributed by atoms with E-state index >= 15 is 0 Å². The molecule has 6 nitrogen and oxygen atoms in total. The fraction of sp³-hybridized carbons (Fsp3) is 0.393. The van der Waals surface area contributed by atoms with Gasteiger partial charge in [-0.15, -0.1) is 0 Å². The van der Waals surface area contributed by atoms with Gasteiger partial charge in [0, 0.05) is 43.9 Å². The molecular formula is C28H34N4O2. The molecule has 1 fully saturated rings. The molecule has 6 heteroatoms. The van der Waals surface area contributed by atoms with E-state index < -0.39 is 0 Å². The Labute approximate surface area is 202 Å². The number of carbonyl (C=O) groups is 1. The van der Waals surface area contributed by atoms with Crippen LogP contribution in [-0.4, -0.2) is 60.0 Å². The number of ether oxygens (including phenoxy) is 1. The normalized spacial score (nSPS) is 18.5. The van der Waals surface area contributed by atoms with E-state index in [1.807, 2.05) is 25.1 Å². The van der Waals surface area contributed by atoms with Gasteiger partial charge >= 0.3 is 0 Å². The quantitative estimate of drug-likeness (QED) is 0.535. The van der Waals surface area contributed by atoms with Gasteiger partial charge in [0.2, 0.25) is 0 Å². The number of carbonyl (C=O) groups excluding carboxylic acids is 1. The van der Waals surface area contributed by atoms with Gasteiger partial charge in [0.05, 0.1) is 7.11 Å². The number of methoxy groups -OCH3 is 1. The van der Waals surface area contributed by atoms with Crippen molar-refractivity contribution in [2.24, 2.45) is 0 Å². The summed E-state index contributed by atoms with van der Waals surface area (Å²) >= 11 is 0. The highest BCUT2D eigenvalue weighted by Crippen LogP contribution is 2.34. The van der Waals surface area contributed by atoms with Crippen LogP contribution in [0.15, 0.2) is 54.6 Å². The van der Waals surface area contributed by atoms with Crippen LogP contribution in [0.5, 0.6) is 5.75 Å². The number of aryl methyl sites for hydroxylation is 1. The minimum atomic E-state index is -0.203. The average Bonchev–Trinajstić information content (AvgIpc) is 2.83. The van der Waals surface area contributed by atoms with E-state index in [0.29, 0.717) is 5.69 Å². The van der Waals surface area contributed by atoms with E-state index in [-0.39, 0.29) is 11.3 Å². The van der Waals surface area contributed by atoms with Crippen LogP contribution in [0.3, 0.4) is 0 Å². The van der Waals surface area contributed by atoms with Crippen molar-refractivity contribution >= 4 is 5.91 Å². The minimum Gasteiger partial charge on any atom is -0.496 e. The van der Waals surface area contributed by atoms with Crippen LogP contribution >= 0.6 is 0 Å². The lowest BCUT2D eigenvalue weighted by molar-refractivity contribution is 0.0820. The van der Waals surface area contributed by atoms with Crippen LogP contribution in [0.4, 0.5) is 0 Å². The molecule has 178 valence electrons. The monoisotopic (exact) mass is 458 g/mol. The number of hydrogen-bond donors (Lipinski definition) is 0. The Morgan fingerprint density at radius 3 is 2.68 bits per heavy atom. The first kappa shape index (κ1) is 23.9. The lowest BCUT2D eigenvalue weighted by Crippen LogP contribution is -2.45. The molecule has 2 aromatic carbocycles. The van der Waals surface area contributed by atoms with Crippen LogP contribution in [-0.2, 0) is 12.0 Å². The number of aromatic nitrogens is 2. The topological polar surface area (TPSA) is 58.6 Å². The van der Waals surface area contributed by atoms with E-state index in [1.165, 1.54) is 5.56 Å². The largest absolute Gasteiger partial charge is 0.496 e. The van der Waals surface area contributed by atoms with Crippen molar-refractivity contribution in [2.75, 3.05) is 34.3 Å². The second-order valence-electron chi connectivity index (χ2n) is 9.69. The molecule has 1 aromatic heterocycles. The average molecular weight is 459 g/mol. The summed E-state index contributed by atoms with van der Waals surface area (Å²) in [7, 11) is 5.22. The molecule has 34 heavy (non-hydrogen) atoms. The molecule has 1 atom stereocenters. The molecule has 0 aliphatic carbocycles. The fourth-order valence-electron chi connectivity index (χ4n) is 4.82. The van der Waals surface area contributed by atoms with Crippen molar-refractivity contribution in [2.45, 2.75) is 38.6 Å². The third-order valence-corrected chi connectivity index (χ3v) is 6.55. The first-order chi connectivity index (χ1) is 16.3. The molecule has 0 bridgehead atoms. The highest BCUT2D eigenvalue weighted by Gasteiger charge is 2.36. The van der Waals surface area contributed by atoms with Gasteiger partial charge in [-0.3, -0.25) is 9.69 Å². The lowest BCUT2D eigenvalue weighted by Gasteiger charge is -2.39. The number of rotatable bonds is 6. The standard InChI is InChI=1S/C28H34N4O2/c1-20-16-24(26(33)31(3)4)30-27(29-20)28(2)14-9-15-32(19-28)18-21-10-8-11-22(17-21)23-12-6-7-13-25(23)34-5/h6-8,10-13,16-17H,9,14-15,18-19H2,1-5H3. The Morgan fingerprint density at radius 2 is 1.91 bits per heavy atom. The second kappa shape index (κ2) is 9.94. The number of amides is 1. The maximum absolute atomic E-state index is 12.6. The lowest BCUT2D eigenvalue weighted by atomic mass is 9.80. The SMILES string of the molecule is COc1ccccc1-c1cccc(CN2CCCC(C)(c3nc(C)cc(C(=O)N(C)C)n3)C2)c1. The number of nitrogens with zero attached hydrogens (tertiary/aromatic N) is 4. The number of piperidine rings is 1. The van der Waals surface area contributed by atoms with Crippen LogP contribution in [0, 0.1) is 6.92 Å². The molecule has 1 unspecified atom stereocenters. The Balaban J connectivity index is 1.56. The van der Waals surface area contributed by atoms with E-state index in [1.54, 1.807) is 32.2 Å². The third-order valence-electron chi connectivity index (χ3n) is 6.55. The summed E-state index contributed by atoms with van der Waals surface area (Å²) in [4.78, 5) is 26.1. The Bertz CT molecular complexity index is 1180. The Hall–Kier alpha value is -3.25. The predicted octanol–water partition coefficient (Wildman–Crippen LogP) is 4.72. The molecule has 3 aromatic rings. The highest BCUT2D eigenvalue weighted by molar-refractivity contribution is 5.92. The second-order valence-corrected chi connectivity index (χ2v) is 9.69. The molecule has 0 radical (unpaired) electrons. The van der Waals surface area contributed by atoms with Crippen LogP contribution in [0.25, 0.3) is 11.1 Å². The van der Waals surface area contributed by atoms with Crippen molar-refractivity contribution < 1.29 is 9.53 Å². The van der Waals surface area contributed by atoms with Crippen LogP contribution in [0.2, 0.25) is 0 Å². The highest BCUT2D eigenvalue weighted by atomic mass is 16.5. The number of benzene rings is 2. The van der Waals surface area contributed by atoms with E-state index in [4.69, 9.17) is 14.7 Å². The number of hydrogen-bond acceptors (Lipinski definition) is 5. The van der Waals surface area contributed by atoms with Gasteiger partial charge in [-0.25, -0.2) is 9.97 Å². The van der Waals surface area contributed by atoms with E-state index in [2.05, 4.69) is 42.2 Å². The van der Waals surface area contributed by atoms with Gasteiger partial charge in [-0.1, -0.05) is 43.3 Å². The Kier molecular flexibility index (Phi) is 6.98. The molecule has 1 aliphatic heterocycles. The zero-order valence-corrected chi connectivity index (χ0v) is 20.8. The van der Waals surface area contributed by atoms with Gasteiger partial charge in [0.1, 0.15) is 17.3 Å². The third kappa shape index (κ3) is 5.12. The van der Waals surface area contributed by atoms with Crippen LogP contribution in [0.1, 0.15) is 47.3 Å². The summed E-state index contributed by atoms with van der Waals surface area (Å²) in [6, 6.07) is 18.6. The zero-order valence-electron chi connectivity index (χ0n) is 20.8. The molecule has 0 saturated carbocycles. The van der Waals surface area contributed by atoms with Crippen molar-refractivity contribution in [1.29, 1.82) is 0 Å². The fourth-order valence-corrected chi connectivity index (χ4v) is 4.82. The predicted molar refractivity (Wildman–Crippen MR) is 135 cm³/mol. The maximum Gasteiger partial charge on any atom is 0.272 e. The molecule has 1 saturated heterocycles. The molecule has 0 N–H and O–H groups in total. The van der Waals surface area contributed by atoms with Gasteiger partial charge in [0.15, 0.2) is 0 Å². The summed E-state index contributed by atoms with van der Waals surface area (Å²) in [5.74, 6) is 1.56. The summed E-state index contributed by atoms with van der Waals surface area (Å²) in [5, 5.41) is 0. The molecule has 4 rings (SSSR count). The zero-order chi connectivity index (χ0) is 24.3. The minimum absolute atomic E-state index is 0.0869. The maximum atomic E-state index is 12.6. The molecule has 1 aliphatic rings. The van der Waals surface area contributed by atoms with Gasteiger partial charge in [0.25, 0.3) is 5.91 Å². The summed E-state index contributed by atoms with van der Waals surface area (Å²) in [5.41, 5.74) is 4.62. The number of likely N-dealkylation sites (tertiary alicyclic amines) is 1. The van der Waals surface area contributed by atoms with Gasteiger partial charge in [-0.05, 0) is 55.6 Å². The first-order valence-electron chi connectivity index (χ1n) is 11.8. The smallest absolute Gasteiger partial charge is 0.272 e. The molecule has 2 heterocycles. The number of para-hydroxylation sites is 1. The van der Waals surface area contributed by atoms with E-state index in [9.17, 15) is 4.79 Å². The van der Waals surface area contributed by atoms with Gasteiger partial charge in [-0.2, -0.15) is 0 Å². The van der Waals surface area contributed by atoms with Crippen LogP contribution < -0.4 is 4.74 Å². The summed E-state index contributed by atoms with van der Waals surface area (Å²) < 4.78 is 5.57. The van der Waals surface area contributed by atoms with E-state index in [0.717, 1.165) is 60.9 Å². The van der Waals surface area contributed by atoms with Crippen molar-refractivity contribution in [1.82, 2.24) is 19.8 Å². The van der Waals surface area contributed by atoms with Crippen molar-refractivity contribution in [3.05, 3.63) is 77.4 Å².